The number of carbonyl (C=O) groups is 1. The van der Waals surface area contributed by atoms with Gasteiger partial charge in [0.2, 0.25) is 0 Å². The van der Waals surface area contributed by atoms with Crippen LogP contribution in [0.1, 0.15) is 36.0 Å². The lowest BCUT2D eigenvalue weighted by Gasteiger charge is -2.31. The fourth-order valence-corrected chi connectivity index (χ4v) is 3.25. The molecule has 1 N–H and O–H groups in total. The Hall–Kier alpha value is -1.62. The number of aromatic nitrogens is 1. The summed E-state index contributed by atoms with van der Waals surface area (Å²) in [6, 6.07) is 4.08. The second-order valence-corrected chi connectivity index (χ2v) is 5.98. The van der Waals surface area contributed by atoms with Crippen LogP contribution in [0.5, 0.6) is 0 Å². The van der Waals surface area contributed by atoms with E-state index < -0.39 is 0 Å². The van der Waals surface area contributed by atoms with Crippen LogP contribution >= 0.6 is 0 Å². The van der Waals surface area contributed by atoms with Crippen molar-refractivity contribution in [3.05, 3.63) is 23.9 Å². The van der Waals surface area contributed by atoms with E-state index in [0.29, 0.717) is 6.04 Å². The molecule has 2 aliphatic heterocycles. The number of rotatable bonds is 3. The van der Waals surface area contributed by atoms with Crippen molar-refractivity contribution < 1.29 is 4.79 Å². The van der Waals surface area contributed by atoms with Gasteiger partial charge in [-0.05, 0) is 44.4 Å². The average Bonchev–Trinajstić information content (AvgIpc) is 3.09. The molecule has 0 saturated carbocycles. The zero-order valence-corrected chi connectivity index (χ0v) is 12.7. The van der Waals surface area contributed by atoms with Gasteiger partial charge in [0.25, 0.3) is 5.91 Å². The molecule has 21 heavy (non-hydrogen) atoms. The summed E-state index contributed by atoms with van der Waals surface area (Å²) in [6.45, 7) is 3.90. The standard InChI is InChI=1S/C16H24N4O/c1-19(13-7-9-17-12-13)16(21)14-6-5-8-18-15(14)20-10-3-2-4-11-20/h5-6,8,13,17H,2-4,7,9-12H2,1H3. The number of likely N-dealkylation sites (N-methyl/N-ethyl adjacent to an activating group) is 1. The second-order valence-electron chi connectivity index (χ2n) is 5.98. The van der Waals surface area contributed by atoms with Crippen molar-refractivity contribution in [2.45, 2.75) is 31.7 Å². The van der Waals surface area contributed by atoms with Crippen molar-refractivity contribution in [3.63, 3.8) is 0 Å². The molecule has 1 aromatic heterocycles. The fourth-order valence-electron chi connectivity index (χ4n) is 3.25. The van der Waals surface area contributed by atoms with E-state index in [4.69, 9.17) is 0 Å². The van der Waals surface area contributed by atoms with E-state index in [1.807, 2.05) is 24.1 Å². The van der Waals surface area contributed by atoms with E-state index in [-0.39, 0.29) is 5.91 Å². The third kappa shape index (κ3) is 3.02. The van der Waals surface area contributed by atoms with Gasteiger partial charge < -0.3 is 15.1 Å². The topological polar surface area (TPSA) is 48.5 Å². The maximum atomic E-state index is 12.8. The molecule has 0 bridgehead atoms. The van der Waals surface area contributed by atoms with Gasteiger partial charge >= 0.3 is 0 Å². The van der Waals surface area contributed by atoms with Crippen LogP contribution in [0.25, 0.3) is 0 Å². The Balaban J connectivity index is 1.81. The second kappa shape index (κ2) is 6.43. The Morgan fingerprint density at radius 2 is 2.19 bits per heavy atom. The smallest absolute Gasteiger partial charge is 0.257 e. The van der Waals surface area contributed by atoms with Crippen LogP contribution in [0.2, 0.25) is 0 Å². The van der Waals surface area contributed by atoms with E-state index in [1.165, 1.54) is 19.3 Å². The van der Waals surface area contributed by atoms with Gasteiger partial charge in [-0.2, -0.15) is 0 Å². The largest absolute Gasteiger partial charge is 0.356 e. The lowest BCUT2D eigenvalue weighted by Crippen LogP contribution is -2.40. The molecule has 2 saturated heterocycles. The highest BCUT2D eigenvalue weighted by atomic mass is 16.2. The maximum absolute atomic E-state index is 12.8. The van der Waals surface area contributed by atoms with Crippen molar-refractivity contribution in [2.75, 3.05) is 38.1 Å². The van der Waals surface area contributed by atoms with Gasteiger partial charge in [-0.1, -0.05) is 0 Å². The Labute approximate surface area is 126 Å². The number of nitrogens with one attached hydrogen (secondary N) is 1. The molecule has 1 unspecified atom stereocenters. The molecule has 114 valence electrons. The molecule has 5 nitrogen and oxygen atoms in total. The Morgan fingerprint density at radius 1 is 1.38 bits per heavy atom. The van der Waals surface area contributed by atoms with Crippen molar-refractivity contribution in [3.8, 4) is 0 Å². The highest BCUT2D eigenvalue weighted by Gasteiger charge is 2.27. The first-order chi connectivity index (χ1) is 10.3. The summed E-state index contributed by atoms with van der Waals surface area (Å²) in [5.41, 5.74) is 0.744. The molecule has 2 fully saturated rings. The first-order valence-corrected chi connectivity index (χ1v) is 7.95. The van der Waals surface area contributed by atoms with Crippen LogP contribution in [0.4, 0.5) is 5.82 Å². The molecule has 3 rings (SSSR count). The van der Waals surface area contributed by atoms with E-state index >= 15 is 0 Å². The van der Waals surface area contributed by atoms with Gasteiger partial charge in [-0.25, -0.2) is 4.98 Å². The summed E-state index contributed by atoms with van der Waals surface area (Å²) in [5, 5.41) is 3.32. The van der Waals surface area contributed by atoms with Crippen LogP contribution in [0, 0.1) is 0 Å². The van der Waals surface area contributed by atoms with Gasteiger partial charge in [0.1, 0.15) is 5.82 Å². The highest BCUT2D eigenvalue weighted by molar-refractivity contribution is 5.99. The minimum atomic E-state index is 0.0948. The summed E-state index contributed by atoms with van der Waals surface area (Å²) in [6.07, 6.45) is 6.47. The van der Waals surface area contributed by atoms with Crippen molar-refractivity contribution in [1.29, 1.82) is 0 Å². The number of amides is 1. The quantitative estimate of drug-likeness (QED) is 0.916. The van der Waals surface area contributed by atoms with E-state index in [2.05, 4.69) is 15.2 Å². The maximum Gasteiger partial charge on any atom is 0.257 e. The first kappa shape index (κ1) is 14.3. The van der Waals surface area contributed by atoms with E-state index in [1.54, 1.807) is 6.20 Å². The number of pyridine rings is 1. The normalized spacial score (nSPS) is 22.3. The Kier molecular flexibility index (Phi) is 4.39. The molecule has 1 aromatic rings. The van der Waals surface area contributed by atoms with Crippen molar-refractivity contribution in [1.82, 2.24) is 15.2 Å². The minimum absolute atomic E-state index is 0.0948. The Morgan fingerprint density at radius 3 is 2.90 bits per heavy atom. The van der Waals surface area contributed by atoms with E-state index in [9.17, 15) is 4.79 Å². The average molecular weight is 288 g/mol. The molecule has 1 atom stereocenters. The number of hydrogen-bond donors (Lipinski definition) is 1. The number of carbonyl (C=O) groups excluding carboxylic acids is 1. The molecule has 0 aliphatic carbocycles. The molecule has 0 spiro atoms. The molecule has 3 heterocycles. The zero-order chi connectivity index (χ0) is 14.7. The van der Waals surface area contributed by atoms with Gasteiger partial charge in [0.15, 0.2) is 0 Å². The zero-order valence-electron chi connectivity index (χ0n) is 12.7. The summed E-state index contributed by atoms with van der Waals surface area (Å²) < 4.78 is 0. The minimum Gasteiger partial charge on any atom is -0.356 e. The molecular weight excluding hydrogens is 264 g/mol. The summed E-state index contributed by atoms with van der Waals surface area (Å²) in [5.74, 6) is 0.956. The predicted molar refractivity (Wildman–Crippen MR) is 83.7 cm³/mol. The number of hydrogen-bond acceptors (Lipinski definition) is 4. The fraction of sp³-hybridized carbons (Fsp3) is 0.625. The van der Waals surface area contributed by atoms with Crippen LogP contribution in [-0.2, 0) is 0 Å². The summed E-state index contributed by atoms with van der Waals surface area (Å²) >= 11 is 0. The third-order valence-electron chi connectivity index (χ3n) is 4.58. The van der Waals surface area contributed by atoms with Gasteiger partial charge in [-0.3, -0.25) is 4.79 Å². The van der Waals surface area contributed by atoms with Gasteiger partial charge in [0, 0.05) is 38.9 Å². The highest BCUT2D eigenvalue weighted by Crippen LogP contribution is 2.23. The van der Waals surface area contributed by atoms with Gasteiger partial charge in [-0.15, -0.1) is 0 Å². The predicted octanol–water partition coefficient (Wildman–Crippen LogP) is 1.51. The van der Waals surface area contributed by atoms with Crippen molar-refractivity contribution >= 4 is 11.7 Å². The molecule has 0 radical (unpaired) electrons. The van der Waals surface area contributed by atoms with Crippen molar-refractivity contribution in [2.24, 2.45) is 0 Å². The number of anilines is 1. The monoisotopic (exact) mass is 288 g/mol. The summed E-state index contributed by atoms with van der Waals surface area (Å²) in [7, 11) is 1.91. The summed E-state index contributed by atoms with van der Waals surface area (Å²) in [4.78, 5) is 21.5. The number of piperidine rings is 1. The molecule has 2 aliphatic rings. The lowest BCUT2D eigenvalue weighted by molar-refractivity contribution is 0.0744. The molecule has 5 heteroatoms. The molecule has 1 amide bonds. The SMILES string of the molecule is CN(C(=O)c1cccnc1N1CCCCC1)C1CCNC1. The Bertz CT molecular complexity index is 493. The van der Waals surface area contributed by atoms with Gasteiger partial charge in [0.05, 0.1) is 5.56 Å². The first-order valence-electron chi connectivity index (χ1n) is 7.95. The third-order valence-corrected chi connectivity index (χ3v) is 4.58. The number of nitrogens with zero attached hydrogens (tertiary/aromatic N) is 3. The van der Waals surface area contributed by atoms with E-state index in [0.717, 1.165) is 44.0 Å². The van der Waals surface area contributed by atoms with Crippen LogP contribution in [0.3, 0.4) is 0 Å². The van der Waals surface area contributed by atoms with Crippen LogP contribution in [-0.4, -0.2) is 55.1 Å². The van der Waals surface area contributed by atoms with Crippen LogP contribution in [0.15, 0.2) is 18.3 Å². The van der Waals surface area contributed by atoms with Crippen LogP contribution < -0.4 is 10.2 Å². The molecular formula is C16H24N4O. The molecule has 0 aromatic carbocycles. The lowest BCUT2D eigenvalue weighted by atomic mass is 10.1.